The quantitative estimate of drug-likeness (QED) is 0.252. The molecule has 0 aromatic carbocycles. The second-order valence-corrected chi connectivity index (χ2v) is 10.1. The highest BCUT2D eigenvalue weighted by Crippen LogP contribution is 2.29. The molecule has 0 radical (unpaired) electrons. The number of carbonyl (C=O) groups is 1. The highest BCUT2D eigenvalue weighted by molar-refractivity contribution is 5.78. The standard InChI is InChI=1S/C28H36N8O5/c1-34-6-8-35(9-7-34)19-26(37)41-15-13-39-12-14-40-24-16-23-28(33-27(24)32-22-4-10-38-11-5-22)36(20-31-23)25-3-2-21(17-29)18-30-25/h2-3,16,18,20,22H,4-15,19H2,1H3,(H,32,33). The Morgan fingerprint density at radius 1 is 1.12 bits per heavy atom. The molecule has 13 nitrogen and oxygen atoms in total. The topological polar surface area (TPSA) is 140 Å². The molecule has 0 unspecified atom stereocenters. The Hall–Kier alpha value is -3.83. The molecule has 2 saturated heterocycles. The molecule has 1 N–H and O–H groups in total. The van der Waals surface area contributed by atoms with Crippen LogP contribution in [0.5, 0.6) is 5.75 Å². The molecule has 0 spiro atoms. The van der Waals surface area contributed by atoms with Crippen LogP contribution < -0.4 is 10.1 Å². The average Bonchev–Trinajstić information content (AvgIpc) is 3.41. The maximum Gasteiger partial charge on any atom is 0.320 e. The first-order valence-electron chi connectivity index (χ1n) is 13.9. The Morgan fingerprint density at radius 2 is 1.93 bits per heavy atom. The molecular weight excluding hydrogens is 528 g/mol. The van der Waals surface area contributed by atoms with Gasteiger partial charge in [-0.25, -0.2) is 15.0 Å². The highest BCUT2D eigenvalue weighted by Gasteiger charge is 2.20. The minimum Gasteiger partial charge on any atom is -0.487 e. The van der Waals surface area contributed by atoms with Crippen molar-refractivity contribution in [2.24, 2.45) is 0 Å². The lowest BCUT2D eigenvalue weighted by Gasteiger charge is -2.31. The number of anilines is 1. The van der Waals surface area contributed by atoms with Crippen LogP contribution in [0.25, 0.3) is 17.0 Å². The lowest BCUT2D eigenvalue weighted by molar-refractivity contribution is -0.147. The molecule has 5 rings (SSSR count). The Labute approximate surface area is 239 Å². The summed E-state index contributed by atoms with van der Waals surface area (Å²) in [5, 5.41) is 12.6. The van der Waals surface area contributed by atoms with E-state index < -0.39 is 0 Å². The molecule has 218 valence electrons. The van der Waals surface area contributed by atoms with Gasteiger partial charge in [0.05, 0.1) is 25.3 Å². The van der Waals surface area contributed by atoms with Gasteiger partial charge in [0.15, 0.2) is 17.2 Å². The monoisotopic (exact) mass is 564 g/mol. The number of nitriles is 1. The Kier molecular flexibility index (Phi) is 9.92. The van der Waals surface area contributed by atoms with Crippen LogP contribution in [0.1, 0.15) is 18.4 Å². The number of hydrogen-bond donors (Lipinski definition) is 1. The first kappa shape index (κ1) is 28.7. The molecule has 41 heavy (non-hydrogen) atoms. The van der Waals surface area contributed by atoms with Crippen molar-refractivity contribution in [3.63, 3.8) is 0 Å². The van der Waals surface area contributed by atoms with Crippen molar-refractivity contribution in [1.82, 2.24) is 29.3 Å². The van der Waals surface area contributed by atoms with Crippen LogP contribution in [-0.2, 0) is 19.0 Å². The summed E-state index contributed by atoms with van der Waals surface area (Å²) in [5.74, 6) is 1.57. The molecule has 2 aliphatic rings. The predicted octanol–water partition coefficient (Wildman–Crippen LogP) is 1.46. The zero-order valence-electron chi connectivity index (χ0n) is 23.3. The van der Waals surface area contributed by atoms with E-state index in [9.17, 15) is 4.79 Å². The number of nitrogens with one attached hydrogen (secondary N) is 1. The van der Waals surface area contributed by atoms with E-state index in [1.807, 2.05) is 6.07 Å². The van der Waals surface area contributed by atoms with Gasteiger partial charge in [0, 0.05) is 57.7 Å². The van der Waals surface area contributed by atoms with E-state index in [0.717, 1.165) is 39.0 Å². The van der Waals surface area contributed by atoms with E-state index >= 15 is 0 Å². The van der Waals surface area contributed by atoms with E-state index in [4.69, 9.17) is 29.2 Å². The van der Waals surface area contributed by atoms with E-state index in [0.29, 0.717) is 73.7 Å². The second-order valence-electron chi connectivity index (χ2n) is 10.1. The molecule has 0 saturated carbocycles. The van der Waals surface area contributed by atoms with E-state index in [-0.39, 0.29) is 18.6 Å². The summed E-state index contributed by atoms with van der Waals surface area (Å²) < 4.78 is 24.3. The SMILES string of the molecule is CN1CCN(CC(=O)OCCOCCOc2cc3ncn(-c4ccc(C#N)cn4)c3nc2NC2CCOCC2)CC1. The molecule has 2 fully saturated rings. The molecule has 13 heteroatoms. The smallest absolute Gasteiger partial charge is 0.320 e. The Morgan fingerprint density at radius 3 is 2.68 bits per heavy atom. The van der Waals surface area contributed by atoms with Crippen molar-refractivity contribution < 1.29 is 23.7 Å². The second kappa shape index (κ2) is 14.2. The third-order valence-corrected chi connectivity index (χ3v) is 7.10. The summed E-state index contributed by atoms with van der Waals surface area (Å²) in [7, 11) is 2.08. The van der Waals surface area contributed by atoms with Gasteiger partial charge in [0.2, 0.25) is 0 Å². The zero-order chi connectivity index (χ0) is 28.4. The molecule has 3 aromatic rings. The summed E-state index contributed by atoms with van der Waals surface area (Å²) in [6, 6.07) is 7.61. The van der Waals surface area contributed by atoms with Crippen LogP contribution >= 0.6 is 0 Å². The summed E-state index contributed by atoms with van der Waals surface area (Å²) in [6.07, 6.45) is 4.91. The number of hydrogen-bond acceptors (Lipinski definition) is 12. The number of nitrogens with zero attached hydrogens (tertiary/aromatic N) is 7. The minimum atomic E-state index is -0.228. The van der Waals surface area contributed by atoms with Gasteiger partial charge >= 0.3 is 5.97 Å². The summed E-state index contributed by atoms with van der Waals surface area (Å²) in [5.41, 5.74) is 1.75. The van der Waals surface area contributed by atoms with Gasteiger partial charge in [-0.05, 0) is 32.0 Å². The first-order valence-corrected chi connectivity index (χ1v) is 13.9. The van der Waals surface area contributed by atoms with E-state index in [1.54, 1.807) is 23.0 Å². The van der Waals surface area contributed by atoms with Crippen molar-refractivity contribution in [2.45, 2.75) is 18.9 Å². The number of carbonyl (C=O) groups excluding carboxylic acids is 1. The highest BCUT2D eigenvalue weighted by atomic mass is 16.6. The number of ether oxygens (including phenoxy) is 4. The maximum absolute atomic E-state index is 12.1. The number of esters is 1. The van der Waals surface area contributed by atoms with Crippen molar-refractivity contribution in [1.29, 1.82) is 5.26 Å². The van der Waals surface area contributed by atoms with Crippen LogP contribution in [0, 0.1) is 11.3 Å². The van der Waals surface area contributed by atoms with Gasteiger partial charge in [-0.1, -0.05) is 0 Å². The van der Waals surface area contributed by atoms with Crippen LogP contribution in [0.3, 0.4) is 0 Å². The molecule has 0 aliphatic carbocycles. The minimum absolute atomic E-state index is 0.206. The van der Waals surface area contributed by atoms with Gasteiger partial charge in [-0.2, -0.15) is 5.26 Å². The van der Waals surface area contributed by atoms with E-state index in [2.05, 4.69) is 38.2 Å². The van der Waals surface area contributed by atoms with Crippen molar-refractivity contribution in [3.8, 4) is 17.6 Å². The number of piperazine rings is 1. The average molecular weight is 565 g/mol. The molecule has 5 heterocycles. The first-order chi connectivity index (χ1) is 20.1. The fourth-order valence-electron chi connectivity index (χ4n) is 4.69. The summed E-state index contributed by atoms with van der Waals surface area (Å²) >= 11 is 0. The van der Waals surface area contributed by atoms with Crippen LogP contribution in [-0.4, -0.2) is 121 Å². The summed E-state index contributed by atoms with van der Waals surface area (Å²) in [6.45, 7) is 6.48. The van der Waals surface area contributed by atoms with Crippen LogP contribution in [0.2, 0.25) is 0 Å². The molecular formula is C28H36N8O5. The van der Waals surface area contributed by atoms with Crippen molar-refractivity contribution in [3.05, 3.63) is 36.3 Å². The lowest BCUT2D eigenvalue weighted by atomic mass is 10.1. The molecule has 3 aromatic heterocycles. The number of pyridine rings is 2. The lowest BCUT2D eigenvalue weighted by Crippen LogP contribution is -2.46. The van der Waals surface area contributed by atoms with Crippen LogP contribution in [0.4, 0.5) is 5.82 Å². The van der Waals surface area contributed by atoms with Gasteiger partial charge in [0.25, 0.3) is 0 Å². The fraction of sp³-hybridized carbons (Fsp3) is 0.536. The number of aromatic nitrogens is 4. The van der Waals surface area contributed by atoms with Gasteiger partial charge in [0.1, 0.15) is 36.9 Å². The molecule has 2 aliphatic heterocycles. The molecule has 0 bridgehead atoms. The van der Waals surface area contributed by atoms with Gasteiger partial charge in [-0.3, -0.25) is 14.3 Å². The van der Waals surface area contributed by atoms with Crippen molar-refractivity contribution in [2.75, 3.05) is 84.7 Å². The third kappa shape index (κ3) is 7.89. The number of likely N-dealkylation sites (N-methyl/N-ethyl adjacent to an activating group) is 1. The normalized spacial score (nSPS) is 16.9. The Balaban J connectivity index is 1.15. The zero-order valence-corrected chi connectivity index (χ0v) is 23.3. The molecule has 0 amide bonds. The van der Waals surface area contributed by atoms with E-state index in [1.165, 1.54) is 6.20 Å². The predicted molar refractivity (Wildman–Crippen MR) is 150 cm³/mol. The number of imidazole rings is 1. The van der Waals surface area contributed by atoms with Crippen molar-refractivity contribution >= 4 is 23.0 Å². The number of fused-ring (bicyclic) bond motifs is 1. The van der Waals surface area contributed by atoms with Gasteiger partial charge < -0.3 is 29.2 Å². The summed E-state index contributed by atoms with van der Waals surface area (Å²) in [4.78, 5) is 30.2. The maximum atomic E-state index is 12.1. The Bertz CT molecular complexity index is 1330. The fourth-order valence-corrected chi connectivity index (χ4v) is 4.69. The third-order valence-electron chi connectivity index (χ3n) is 7.10. The number of rotatable bonds is 12. The molecule has 0 atom stereocenters. The largest absolute Gasteiger partial charge is 0.487 e. The van der Waals surface area contributed by atoms with Gasteiger partial charge in [-0.15, -0.1) is 0 Å². The van der Waals surface area contributed by atoms with Crippen LogP contribution in [0.15, 0.2) is 30.7 Å².